The standard InChI is InChI=1S/C13H15NO4/c1-14-10-7-6-9(4-3-5-12(15)17-2)8-11(10)18-13(14)16/h6-8H,3-5H2,1-2H3. The number of hydrogen-bond donors (Lipinski definition) is 0. The third-order valence-corrected chi connectivity index (χ3v) is 2.93. The van der Waals surface area contributed by atoms with E-state index in [9.17, 15) is 9.59 Å². The van der Waals surface area contributed by atoms with Crippen molar-refractivity contribution in [2.24, 2.45) is 7.05 Å². The van der Waals surface area contributed by atoms with Crippen LogP contribution in [-0.2, 0) is 23.0 Å². The minimum atomic E-state index is -0.364. The van der Waals surface area contributed by atoms with Gasteiger partial charge in [0.2, 0.25) is 0 Å². The number of methoxy groups -OCH3 is 1. The molecule has 1 heterocycles. The largest absolute Gasteiger partial charge is 0.469 e. The Labute approximate surface area is 104 Å². The molecule has 1 aromatic heterocycles. The van der Waals surface area contributed by atoms with Gasteiger partial charge in [-0.1, -0.05) is 6.07 Å². The monoisotopic (exact) mass is 249 g/mol. The second-order valence-corrected chi connectivity index (χ2v) is 4.16. The molecule has 0 aliphatic carbocycles. The number of ether oxygens (including phenoxy) is 1. The number of aromatic nitrogens is 1. The average Bonchev–Trinajstić information content (AvgIpc) is 2.64. The maximum atomic E-state index is 11.3. The van der Waals surface area contributed by atoms with Crippen molar-refractivity contribution < 1.29 is 13.9 Å². The van der Waals surface area contributed by atoms with E-state index in [-0.39, 0.29) is 11.7 Å². The normalized spacial score (nSPS) is 10.8. The van der Waals surface area contributed by atoms with E-state index >= 15 is 0 Å². The Morgan fingerprint density at radius 1 is 1.44 bits per heavy atom. The minimum absolute atomic E-state index is 0.206. The number of fused-ring (bicyclic) bond motifs is 1. The summed E-state index contributed by atoms with van der Waals surface area (Å²) in [5.74, 6) is -0.570. The number of carbonyl (C=O) groups is 1. The van der Waals surface area contributed by atoms with Crippen molar-refractivity contribution in [3.8, 4) is 0 Å². The maximum absolute atomic E-state index is 11.3. The molecule has 0 fully saturated rings. The molecule has 0 atom stereocenters. The van der Waals surface area contributed by atoms with Gasteiger partial charge in [0, 0.05) is 13.5 Å². The summed E-state index contributed by atoms with van der Waals surface area (Å²) in [4.78, 5) is 22.3. The van der Waals surface area contributed by atoms with E-state index in [2.05, 4.69) is 4.74 Å². The summed E-state index contributed by atoms with van der Waals surface area (Å²) >= 11 is 0. The fraction of sp³-hybridized carbons (Fsp3) is 0.385. The number of rotatable bonds is 4. The maximum Gasteiger partial charge on any atom is 0.419 e. The first kappa shape index (κ1) is 12.4. The van der Waals surface area contributed by atoms with Crippen molar-refractivity contribution in [3.05, 3.63) is 34.3 Å². The molecule has 0 unspecified atom stereocenters. The number of oxazole rings is 1. The molecule has 0 saturated heterocycles. The van der Waals surface area contributed by atoms with Gasteiger partial charge in [0.05, 0.1) is 12.6 Å². The zero-order valence-electron chi connectivity index (χ0n) is 10.4. The summed E-state index contributed by atoms with van der Waals surface area (Å²) in [5, 5.41) is 0. The summed E-state index contributed by atoms with van der Waals surface area (Å²) in [5.41, 5.74) is 2.40. The van der Waals surface area contributed by atoms with Gasteiger partial charge in [0.1, 0.15) is 0 Å². The highest BCUT2D eigenvalue weighted by atomic mass is 16.5. The number of esters is 1. The summed E-state index contributed by atoms with van der Waals surface area (Å²) < 4.78 is 11.1. The summed E-state index contributed by atoms with van der Waals surface area (Å²) in [7, 11) is 3.05. The van der Waals surface area contributed by atoms with Gasteiger partial charge in [-0.25, -0.2) is 4.79 Å². The number of carbonyl (C=O) groups excluding carboxylic acids is 1. The lowest BCUT2D eigenvalue weighted by Gasteiger charge is -2.01. The Morgan fingerprint density at radius 2 is 2.22 bits per heavy atom. The molecule has 0 aliphatic rings. The van der Waals surface area contributed by atoms with Gasteiger partial charge >= 0.3 is 11.7 Å². The molecular formula is C13H15NO4. The zero-order valence-corrected chi connectivity index (χ0v) is 10.4. The molecule has 0 N–H and O–H groups in total. The predicted octanol–water partition coefficient (Wildman–Crippen LogP) is 1.63. The van der Waals surface area contributed by atoms with Crippen LogP contribution in [0.15, 0.2) is 27.4 Å². The van der Waals surface area contributed by atoms with E-state index < -0.39 is 0 Å². The van der Waals surface area contributed by atoms with Gasteiger partial charge < -0.3 is 9.15 Å². The molecule has 0 radical (unpaired) electrons. The van der Waals surface area contributed by atoms with Crippen LogP contribution in [0.25, 0.3) is 11.1 Å². The zero-order chi connectivity index (χ0) is 13.1. The van der Waals surface area contributed by atoms with E-state index in [4.69, 9.17) is 4.42 Å². The Hall–Kier alpha value is -2.04. The Kier molecular flexibility index (Phi) is 3.50. The van der Waals surface area contributed by atoms with Crippen molar-refractivity contribution in [1.82, 2.24) is 4.57 Å². The lowest BCUT2D eigenvalue weighted by atomic mass is 10.1. The summed E-state index contributed by atoms with van der Waals surface area (Å²) in [6, 6.07) is 5.64. The molecule has 0 bridgehead atoms. The van der Waals surface area contributed by atoms with Crippen molar-refractivity contribution >= 4 is 17.1 Å². The third kappa shape index (κ3) is 2.45. The Balaban J connectivity index is 2.11. The molecule has 0 spiro atoms. The molecule has 18 heavy (non-hydrogen) atoms. The Morgan fingerprint density at radius 3 is 2.94 bits per heavy atom. The van der Waals surface area contributed by atoms with Gasteiger partial charge in [-0.15, -0.1) is 0 Å². The van der Waals surface area contributed by atoms with Gasteiger partial charge in [-0.05, 0) is 30.5 Å². The molecule has 0 saturated carbocycles. The predicted molar refractivity (Wildman–Crippen MR) is 66.4 cm³/mol. The van der Waals surface area contributed by atoms with Crippen LogP contribution in [0.3, 0.4) is 0 Å². The van der Waals surface area contributed by atoms with E-state index in [0.717, 1.165) is 23.9 Å². The molecule has 5 heteroatoms. The molecule has 0 aliphatic heterocycles. The fourth-order valence-electron chi connectivity index (χ4n) is 1.87. The molecular weight excluding hydrogens is 234 g/mol. The fourth-order valence-corrected chi connectivity index (χ4v) is 1.87. The number of benzene rings is 1. The van der Waals surface area contributed by atoms with Gasteiger partial charge in [-0.3, -0.25) is 9.36 Å². The molecule has 2 rings (SSSR count). The van der Waals surface area contributed by atoms with Crippen LogP contribution in [0.1, 0.15) is 18.4 Å². The van der Waals surface area contributed by atoms with Crippen molar-refractivity contribution in [2.45, 2.75) is 19.3 Å². The second kappa shape index (κ2) is 5.08. The van der Waals surface area contributed by atoms with E-state index in [1.54, 1.807) is 7.05 Å². The molecule has 5 nitrogen and oxygen atoms in total. The van der Waals surface area contributed by atoms with Crippen molar-refractivity contribution in [2.75, 3.05) is 7.11 Å². The SMILES string of the molecule is COC(=O)CCCc1ccc2c(c1)oc(=O)n2C. The topological polar surface area (TPSA) is 61.4 Å². The van der Waals surface area contributed by atoms with Crippen LogP contribution in [0.5, 0.6) is 0 Å². The van der Waals surface area contributed by atoms with E-state index in [1.807, 2.05) is 18.2 Å². The quantitative estimate of drug-likeness (QED) is 0.772. The first-order valence-corrected chi connectivity index (χ1v) is 5.77. The first-order chi connectivity index (χ1) is 8.61. The lowest BCUT2D eigenvalue weighted by Crippen LogP contribution is -2.08. The van der Waals surface area contributed by atoms with E-state index in [0.29, 0.717) is 12.0 Å². The highest BCUT2D eigenvalue weighted by Gasteiger charge is 2.07. The van der Waals surface area contributed by atoms with Crippen LogP contribution >= 0.6 is 0 Å². The Bertz CT molecular complexity index is 623. The van der Waals surface area contributed by atoms with Crippen LogP contribution < -0.4 is 5.76 Å². The second-order valence-electron chi connectivity index (χ2n) is 4.16. The van der Waals surface area contributed by atoms with Crippen molar-refractivity contribution in [3.63, 3.8) is 0 Å². The minimum Gasteiger partial charge on any atom is -0.469 e. The average molecular weight is 249 g/mol. The van der Waals surface area contributed by atoms with Gasteiger partial charge in [0.15, 0.2) is 5.58 Å². The van der Waals surface area contributed by atoms with Gasteiger partial charge in [0.25, 0.3) is 0 Å². The first-order valence-electron chi connectivity index (χ1n) is 5.77. The smallest absolute Gasteiger partial charge is 0.419 e. The molecule has 1 aromatic carbocycles. The number of aryl methyl sites for hydroxylation is 2. The van der Waals surface area contributed by atoms with Gasteiger partial charge in [-0.2, -0.15) is 0 Å². The third-order valence-electron chi connectivity index (χ3n) is 2.93. The summed E-state index contributed by atoms with van der Waals surface area (Å²) in [6.07, 6.45) is 1.87. The summed E-state index contributed by atoms with van der Waals surface area (Å²) in [6.45, 7) is 0. The molecule has 96 valence electrons. The lowest BCUT2D eigenvalue weighted by molar-refractivity contribution is -0.140. The van der Waals surface area contributed by atoms with Crippen molar-refractivity contribution in [1.29, 1.82) is 0 Å². The van der Waals surface area contributed by atoms with Crippen LogP contribution in [0, 0.1) is 0 Å². The van der Waals surface area contributed by atoms with Crippen LogP contribution in [0.2, 0.25) is 0 Å². The number of nitrogens with zero attached hydrogens (tertiary/aromatic N) is 1. The van der Waals surface area contributed by atoms with Crippen LogP contribution in [-0.4, -0.2) is 17.6 Å². The highest BCUT2D eigenvalue weighted by molar-refractivity contribution is 5.73. The van der Waals surface area contributed by atoms with Crippen LogP contribution in [0.4, 0.5) is 0 Å². The highest BCUT2D eigenvalue weighted by Crippen LogP contribution is 2.15. The van der Waals surface area contributed by atoms with E-state index in [1.165, 1.54) is 11.7 Å². The molecule has 2 aromatic rings. The molecule has 0 amide bonds. The number of hydrogen-bond acceptors (Lipinski definition) is 4.